The van der Waals surface area contributed by atoms with Gasteiger partial charge >= 0.3 is 0 Å². The van der Waals surface area contributed by atoms with E-state index in [4.69, 9.17) is 0 Å². The van der Waals surface area contributed by atoms with Gasteiger partial charge < -0.3 is 9.88 Å². The highest BCUT2D eigenvalue weighted by atomic mass is 15.2. The largest absolute Gasteiger partial charge is 0.352 e. The normalized spacial score (nSPS) is 24.4. The molecule has 1 N–H and O–H groups in total. The van der Waals surface area contributed by atoms with Crippen LogP contribution in [0.2, 0.25) is 0 Å². The number of hydrogen-bond acceptors (Lipinski definition) is 2. The van der Waals surface area contributed by atoms with Crippen LogP contribution in [0.4, 0.5) is 5.95 Å². The fraction of sp³-hybridized carbons (Fsp3) is 0.700. The van der Waals surface area contributed by atoms with Crippen molar-refractivity contribution >= 4 is 5.95 Å². The van der Waals surface area contributed by atoms with E-state index in [-0.39, 0.29) is 0 Å². The highest BCUT2D eigenvalue weighted by Gasteiger charge is 2.46. The molecule has 1 fully saturated rings. The van der Waals surface area contributed by atoms with Crippen LogP contribution in [-0.2, 0) is 6.54 Å². The Balaban J connectivity index is 2.03. The van der Waals surface area contributed by atoms with E-state index in [1.807, 2.05) is 12.4 Å². The summed E-state index contributed by atoms with van der Waals surface area (Å²) in [5.41, 5.74) is 0.463. The van der Waals surface area contributed by atoms with Crippen molar-refractivity contribution < 1.29 is 0 Å². The van der Waals surface area contributed by atoms with Gasteiger partial charge in [-0.15, -0.1) is 0 Å². The number of rotatable bonds is 3. The Morgan fingerprint density at radius 3 is 2.92 bits per heavy atom. The first-order valence-corrected chi connectivity index (χ1v) is 4.91. The van der Waals surface area contributed by atoms with Crippen LogP contribution in [0.5, 0.6) is 0 Å². The van der Waals surface area contributed by atoms with Crippen LogP contribution in [0.3, 0.4) is 0 Å². The highest BCUT2D eigenvalue weighted by molar-refractivity contribution is 5.32. The zero-order valence-electron chi connectivity index (χ0n) is 8.54. The van der Waals surface area contributed by atoms with Gasteiger partial charge in [-0.3, -0.25) is 0 Å². The number of nitrogens with zero attached hydrogens (tertiary/aromatic N) is 2. The van der Waals surface area contributed by atoms with Crippen molar-refractivity contribution in [3.8, 4) is 0 Å². The van der Waals surface area contributed by atoms with Gasteiger partial charge in [-0.05, 0) is 18.8 Å². The van der Waals surface area contributed by atoms with Crippen molar-refractivity contribution in [2.45, 2.75) is 39.8 Å². The lowest BCUT2D eigenvalue weighted by molar-refractivity contribution is 0.625. The summed E-state index contributed by atoms with van der Waals surface area (Å²) in [5.74, 6) is 1.01. The Kier molecular flexibility index (Phi) is 1.82. The summed E-state index contributed by atoms with van der Waals surface area (Å²) in [5, 5.41) is 3.46. The molecule has 0 aromatic carbocycles. The lowest BCUT2D eigenvalue weighted by Gasteiger charge is -2.08. The second-order valence-corrected chi connectivity index (χ2v) is 4.43. The molecule has 1 atom stereocenters. The van der Waals surface area contributed by atoms with Crippen molar-refractivity contribution in [2.24, 2.45) is 5.41 Å². The van der Waals surface area contributed by atoms with Crippen LogP contribution in [-0.4, -0.2) is 15.6 Å². The van der Waals surface area contributed by atoms with Crippen LogP contribution in [0, 0.1) is 5.41 Å². The first-order valence-electron chi connectivity index (χ1n) is 4.91. The summed E-state index contributed by atoms with van der Waals surface area (Å²) >= 11 is 0. The Labute approximate surface area is 79.2 Å². The van der Waals surface area contributed by atoms with Gasteiger partial charge in [-0.2, -0.15) is 0 Å². The van der Waals surface area contributed by atoms with Gasteiger partial charge in [0.25, 0.3) is 0 Å². The van der Waals surface area contributed by atoms with Gasteiger partial charge in [0.15, 0.2) is 0 Å². The molecule has 72 valence electrons. The predicted octanol–water partition coefficient (Wildman–Crippen LogP) is 2.11. The fourth-order valence-corrected chi connectivity index (χ4v) is 1.57. The number of anilines is 1. The van der Waals surface area contributed by atoms with Crippen LogP contribution in [0.1, 0.15) is 27.2 Å². The minimum Gasteiger partial charge on any atom is -0.352 e. The summed E-state index contributed by atoms with van der Waals surface area (Å²) in [6.07, 6.45) is 5.11. The molecule has 1 heterocycles. The molecule has 1 unspecified atom stereocenters. The molecular weight excluding hydrogens is 162 g/mol. The van der Waals surface area contributed by atoms with Gasteiger partial charge in [0.2, 0.25) is 5.95 Å². The summed E-state index contributed by atoms with van der Waals surface area (Å²) in [6.45, 7) is 7.67. The number of imidazole rings is 1. The van der Waals surface area contributed by atoms with Gasteiger partial charge in [0, 0.05) is 25.0 Å². The van der Waals surface area contributed by atoms with Crippen molar-refractivity contribution in [3.63, 3.8) is 0 Å². The van der Waals surface area contributed by atoms with E-state index >= 15 is 0 Å². The number of hydrogen-bond donors (Lipinski definition) is 1. The maximum Gasteiger partial charge on any atom is 0.202 e. The van der Waals surface area contributed by atoms with Crippen LogP contribution >= 0.6 is 0 Å². The van der Waals surface area contributed by atoms with Crippen molar-refractivity contribution in [2.75, 3.05) is 5.32 Å². The minimum atomic E-state index is 0.463. The third-order valence-corrected chi connectivity index (χ3v) is 2.87. The molecule has 0 saturated heterocycles. The molecule has 1 aliphatic rings. The van der Waals surface area contributed by atoms with E-state index < -0.39 is 0 Å². The Morgan fingerprint density at radius 1 is 1.69 bits per heavy atom. The molecular formula is C10H17N3. The van der Waals surface area contributed by atoms with Crippen LogP contribution in [0.15, 0.2) is 12.4 Å². The van der Waals surface area contributed by atoms with Gasteiger partial charge in [-0.25, -0.2) is 4.98 Å². The second kappa shape index (κ2) is 2.76. The fourth-order valence-electron chi connectivity index (χ4n) is 1.57. The molecule has 0 aliphatic heterocycles. The summed E-state index contributed by atoms with van der Waals surface area (Å²) in [7, 11) is 0. The maximum atomic E-state index is 4.28. The molecule has 2 rings (SSSR count). The average Bonchev–Trinajstić information content (AvgIpc) is 2.50. The molecule has 1 saturated carbocycles. The average molecular weight is 179 g/mol. The SMILES string of the molecule is CCn1ccnc1NC1CC1(C)C. The highest BCUT2D eigenvalue weighted by Crippen LogP contribution is 2.46. The molecule has 0 spiro atoms. The van der Waals surface area contributed by atoms with Crippen LogP contribution in [0.25, 0.3) is 0 Å². The Hall–Kier alpha value is -0.990. The van der Waals surface area contributed by atoms with E-state index in [1.54, 1.807) is 0 Å². The first-order chi connectivity index (χ1) is 6.13. The first kappa shape index (κ1) is 8.60. The third-order valence-electron chi connectivity index (χ3n) is 2.87. The second-order valence-electron chi connectivity index (χ2n) is 4.43. The standard InChI is InChI=1S/C10H17N3/c1-4-13-6-5-11-9(13)12-8-7-10(8,2)3/h5-6,8H,4,7H2,1-3H3,(H,11,12). The van der Waals surface area contributed by atoms with Gasteiger partial charge in [0.05, 0.1) is 0 Å². The number of aromatic nitrogens is 2. The zero-order valence-corrected chi connectivity index (χ0v) is 8.54. The Bertz CT molecular complexity index is 301. The Morgan fingerprint density at radius 2 is 2.38 bits per heavy atom. The van der Waals surface area contributed by atoms with E-state index in [1.165, 1.54) is 6.42 Å². The van der Waals surface area contributed by atoms with Gasteiger partial charge in [0.1, 0.15) is 0 Å². The monoisotopic (exact) mass is 179 g/mol. The van der Waals surface area contributed by atoms with Crippen molar-refractivity contribution in [1.29, 1.82) is 0 Å². The van der Waals surface area contributed by atoms with E-state index in [2.05, 4.69) is 35.6 Å². The number of aryl methyl sites for hydroxylation is 1. The summed E-state index contributed by atoms with van der Waals surface area (Å²) in [4.78, 5) is 4.28. The topological polar surface area (TPSA) is 29.9 Å². The number of nitrogens with one attached hydrogen (secondary N) is 1. The molecule has 0 bridgehead atoms. The van der Waals surface area contributed by atoms with Crippen LogP contribution < -0.4 is 5.32 Å². The predicted molar refractivity (Wildman–Crippen MR) is 53.7 cm³/mol. The molecule has 0 amide bonds. The molecule has 13 heavy (non-hydrogen) atoms. The van der Waals surface area contributed by atoms with Gasteiger partial charge in [-0.1, -0.05) is 13.8 Å². The van der Waals surface area contributed by atoms with Crippen molar-refractivity contribution in [3.05, 3.63) is 12.4 Å². The molecule has 3 nitrogen and oxygen atoms in total. The quantitative estimate of drug-likeness (QED) is 0.770. The molecule has 1 aliphatic carbocycles. The molecule has 1 aromatic rings. The lowest BCUT2D eigenvalue weighted by atomic mass is 10.2. The minimum absolute atomic E-state index is 0.463. The van der Waals surface area contributed by atoms with E-state index in [9.17, 15) is 0 Å². The molecule has 0 radical (unpaired) electrons. The zero-order chi connectivity index (χ0) is 9.47. The summed E-state index contributed by atoms with van der Waals surface area (Å²) in [6, 6.07) is 0.611. The third kappa shape index (κ3) is 1.55. The molecule has 3 heteroatoms. The summed E-state index contributed by atoms with van der Waals surface area (Å²) < 4.78 is 2.13. The van der Waals surface area contributed by atoms with Crippen molar-refractivity contribution in [1.82, 2.24) is 9.55 Å². The molecule has 1 aromatic heterocycles. The maximum absolute atomic E-state index is 4.28. The van der Waals surface area contributed by atoms with E-state index in [0.29, 0.717) is 11.5 Å². The van der Waals surface area contributed by atoms with E-state index in [0.717, 1.165) is 12.5 Å². The smallest absolute Gasteiger partial charge is 0.202 e. The lowest BCUT2D eigenvalue weighted by Crippen LogP contribution is -2.12.